The number of thiazole rings is 2. The zero-order valence-corrected chi connectivity index (χ0v) is 33.6. The number of carbonyl (C=O) groups is 2. The van der Waals surface area contributed by atoms with E-state index >= 15 is 0 Å². The number of rotatable bonds is 6. The Morgan fingerprint density at radius 1 is 0.800 bits per heavy atom. The number of carboxylic acid groups (broad SMARTS) is 1. The Kier molecular flexibility index (Phi) is 10.9. The van der Waals surface area contributed by atoms with Gasteiger partial charge >= 0.3 is 11.9 Å². The first-order valence-electron chi connectivity index (χ1n) is 16.2. The van der Waals surface area contributed by atoms with Crippen LogP contribution >= 0.6 is 54.5 Å². The molecule has 3 N–H and O–H groups in total. The number of carboxylic acids is 1. The lowest BCUT2D eigenvalue weighted by molar-refractivity contribution is 0.0587. The second kappa shape index (κ2) is 15.5. The third-order valence-electron chi connectivity index (χ3n) is 8.85. The van der Waals surface area contributed by atoms with Crippen molar-refractivity contribution in [3.05, 3.63) is 99.8 Å². The van der Waals surface area contributed by atoms with E-state index in [1.165, 1.54) is 48.0 Å². The van der Waals surface area contributed by atoms with Crippen molar-refractivity contribution < 1.29 is 47.9 Å². The molecule has 2 unspecified atom stereocenters. The van der Waals surface area contributed by atoms with Gasteiger partial charge in [0.25, 0.3) is 0 Å². The highest BCUT2D eigenvalue weighted by atomic mass is 79.9. The van der Waals surface area contributed by atoms with Crippen LogP contribution in [-0.4, -0.2) is 76.7 Å². The van der Waals surface area contributed by atoms with E-state index in [0.717, 1.165) is 0 Å². The highest BCUT2D eigenvalue weighted by Crippen LogP contribution is 2.42. The zero-order chi connectivity index (χ0) is 39.3. The van der Waals surface area contributed by atoms with Crippen LogP contribution in [0.1, 0.15) is 65.7 Å². The molecule has 0 amide bonds. The van der Waals surface area contributed by atoms with Gasteiger partial charge in [-0.2, -0.15) is 0 Å². The van der Waals surface area contributed by atoms with Crippen molar-refractivity contribution in [3.63, 3.8) is 0 Å². The lowest BCUT2D eigenvalue weighted by atomic mass is 10.1. The van der Waals surface area contributed by atoms with E-state index in [2.05, 4.69) is 51.8 Å². The van der Waals surface area contributed by atoms with Crippen LogP contribution in [-0.2, 0) is 17.8 Å². The molecule has 0 radical (unpaired) electrons. The molecule has 8 rings (SSSR count). The molecule has 6 heterocycles. The van der Waals surface area contributed by atoms with Crippen LogP contribution in [0.2, 0.25) is 0 Å². The van der Waals surface area contributed by atoms with E-state index < -0.39 is 35.8 Å². The minimum atomic E-state index is -1.25. The van der Waals surface area contributed by atoms with Crippen molar-refractivity contribution >= 4 is 66.5 Å². The average molecular weight is 923 g/mol. The number of benzene rings is 2. The number of hydrogen-bond donors (Lipinski definition) is 3. The van der Waals surface area contributed by atoms with Crippen LogP contribution in [0.25, 0.3) is 22.8 Å². The first-order valence-corrected chi connectivity index (χ1v) is 19.6. The lowest BCUT2D eigenvalue weighted by Crippen LogP contribution is -2.16. The van der Waals surface area contributed by atoms with Crippen LogP contribution < -0.4 is 9.47 Å². The molecule has 0 saturated heterocycles. The number of aromatic carboxylic acids is 1. The fraction of sp³-hybridized carbons (Fsp3) is 0.257. The molecular weight excluding hydrogens is 894 g/mol. The molecule has 14 nitrogen and oxygen atoms in total. The number of esters is 1. The summed E-state index contributed by atoms with van der Waals surface area (Å²) in [5.41, 5.74) is 5.67. The number of methoxy groups -OCH3 is 1. The molecule has 6 aromatic rings. The molecule has 2 aromatic carbocycles. The summed E-state index contributed by atoms with van der Waals surface area (Å²) in [5.74, 6) is -1.60. The van der Waals surface area contributed by atoms with E-state index in [1.807, 2.05) is 0 Å². The van der Waals surface area contributed by atoms with Gasteiger partial charge in [-0.15, -0.1) is 22.7 Å². The number of aliphatic hydroxyl groups excluding tert-OH is 2. The van der Waals surface area contributed by atoms with Gasteiger partial charge in [-0.25, -0.2) is 38.3 Å². The first kappa shape index (κ1) is 38.7. The van der Waals surface area contributed by atoms with E-state index in [0.29, 0.717) is 61.9 Å². The highest BCUT2D eigenvalue weighted by Gasteiger charge is 2.34. The molecule has 0 bridgehead atoms. The smallest absolute Gasteiger partial charge is 0.358 e. The standard InChI is InChI=1S/C18H15BrFN3O4S.C17H13BrFN3O4S/c1-8-16(28-7-21-8)15(24)14-13(18(25)26-2)22-17-9-5-10(19)11(20)6-12(9)27-4-3-23(14)17;1-7-15(27-6-20-7)14(23)13-12(17(24)25)21-16-8-4-9(18)10(19)5-11(8)26-3-2-22(13)16/h5-7,15,24H,3-4H2,1-2H3;4-6,14,23H,2-3H2,1H3,(H,24,25). The van der Waals surface area contributed by atoms with Crippen molar-refractivity contribution in [2.45, 2.75) is 39.1 Å². The SMILES string of the molecule is COC(=O)c1nc2n(c1C(O)c1scnc1C)CCOc1cc(F)c(Br)cc1-2.Cc1ncsc1C(O)c1c(C(=O)O)nc2n1CCOc1cc(F)c(Br)cc1-2. The molecule has 20 heteroatoms. The van der Waals surface area contributed by atoms with Gasteiger partial charge in [0.15, 0.2) is 11.4 Å². The Labute approximate surface area is 335 Å². The number of nitrogens with zero attached hydrogens (tertiary/aromatic N) is 6. The van der Waals surface area contributed by atoms with Crippen molar-refractivity contribution in [1.82, 2.24) is 29.1 Å². The van der Waals surface area contributed by atoms with Crippen LogP contribution in [0.5, 0.6) is 11.5 Å². The molecule has 0 fully saturated rings. The van der Waals surface area contributed by atoms with Crippen molar-refractivity contribution in [2.24, 2.45) is 0 Å². The molecule has 2 aliphatic rings. The summed E-state index contributed by atoms with van der Waals surface area (Å²) in [6.07, 6.45) is -2.32. The van der Waals surface area contributed by atoms with Gasteiger partial charge in [-0.05, 0) is 57.8 Å². The van der Waals surface area contributed by atoms with Crippen LogP contribution in [0.15, 0.2) is 44.2 Å². The van der Waals surface area contributed by atoms with Gasteiger partial charge in [-0.1, -0.05) is 0 Å². The second-order valence-corrected chi connectivity index (χ2v) is 15.6. The molecule has 286 valence electrons. The molecule has 0 saturated carbocycles. The Morgan fingerprint density at radius 2 is 1.24 bits per heavy atom. The molecule has 2 aliphatic heterocycles. The summed E-state index contributed by atoms with van der Waals surface area (Å²) in [6, 6.07) is 5.54. The quantitative estimate of drug-likeness (QED) is 0.148. The summed E-state index contributed by atoms with van der Waals surface area (Å²) in [4.78, 5) is 42.4. The van der Waals surface area contributed by atoms with Gasteiger partial charge in [-0.3, -0.25) is 0 Å². The number of fused-ring (bicyclic) bond motifs is 6. The number of ether oxygens (including phenoxy) is 3. The number of halogens is 4. The minimum absolute atomic E-state index is 0.00565. The van der Waals surface area contributed by atoms with Gasteiger partial charge in [0.05, 0.1) is 83.8 Å². The number of carbonyl (C=O) groups excluding carboxylic acids is 1. The largest absolute Gasteiger partial charge is 0.491 e. The molecular formula is C35H28Br2F2N6O8S2. The topological polar surface area (TPSA) is 184 Å². The van der Waals surface area contributed by atoms with E-state index in [9.17, 15) is 33.7 Å². The summed E-state index contributed by atoms with van der Waals surface area (Å²) < 4.78 is 47.8. The van der Waals surface area contributed by atoms with Gasteiger partial charge in [0.2, 0.25) is 0 Å². The lowest BCUT2D eigenvalue weighted by Gasteiger charge is -2.15. The molecule has 0 spiro atoms. The maximum Gasteiger partial charge on any atom is 0.358 e. The number of aryl methyl sites for hydroxylation is 2. The molecule has 0 aliphatic carbocycles. The monoisotopic (exact) mass is 920 g/mol. The Morgan fingerprint density at radius 3 is 1.64 bits per heavy atom. The highest BCUT2D eigenvalue weighted by molar-refractivity contribution is 9.10. The summed E-state index contributed by atoms with van der Waals surface area (Å²) in [5, 5.41) is 31.6. The predicted octanol–water partition coefficient (Wildman–Crippen LogP) is 6.87. The number of imidazole rings is 2. The summed E-state index contributed by atoms with van der Waals surface area (Å²) >= 11 is 8.84. The molecule has 55 heavy (non-hydrogen) atoms. The Balaban J connectivity index is 0.000000169. The minimum Gasteiger partial charge on any atom is -0.491 e. The second-order valence-electron chi connectivity index (χ2n) is 12.1. The Bertz CT molecular complexity index is 2480. The fourth-order valence-corrected chi connectivity index (χ4v) is 8.55. The third kappa shape index (κ3) is 7.06. The number of aromatic nitrogens is 6. The maximum absolute atomic E-state index is 14.0. The van der Waals surface area contributed by atoms with Gasteiger partial charge in [0, 0.05) is 12.1 Å². The fourth-order valence-electron chi connectivity index (χ4n) is 6.29. The maximum atomic E-state index is 14.0. The van der Waals surface area contributed by atoms with Gasteiger partial charge in [0.1, 0.15) is 60.2 Å². The van der Waals surface area contributed by atoms with Crippen LogP contribution in [0.3, 0.4) is 0 Å². The zero-order valence-electron chi connectivity index (χ0n) is 28.8. The van der Waals surface area contributed by atoms with Crippen LogP contribution in [0.4, 0.5) is 8.78 Å². The summed E-state index contributed by atoms with van der Waals surface area (Å²) in [6.45, 7) is 4.50. The predicted molar refractivity (Wildman–Crippen MR) is 202 cm³/mol. The van der Waals surface area contributed by atoms with Crippen molar-refractivity contribution in [2.75, 3.05) is 20.3 Å². The molecule has 4 aromatic heterocycles. The molecule has 2 atom stereocenters. The first-order chi connectivity index (χ1) is 26.3. The number of hydrogen-bond acceptors (Lipinski definition) is 13. The van der Waals surface area contributed by atoms with E-state index in [-0.39, 0.29) is 51.5 Å². The average Bonchev–Trinajstić information content (AvgIpc) is 3.92. The Hall–Kier alpha value is -4.60. The van der Waals surface area contributed by atoms with E-state index in [1.54, 1.807) is 40.1 Å². The van der Waals surface area contributed by atoms with E-state index in [4.69, 9.17) is 14.2 Å². The number of aliphatic hydroxyl groups is 2. The van der Waals surface area contributed by atoms with Gasteiger partial charge < -0.3 is 38.7 Å². The summed E-state index contributed by atoms with van der Waals surface area (Å²) in [7, 11) is 1.25. The van der Waals surface area contributed by atoms with Crippen molar-refractivity contribution in [3.8, 4) is 34.3 Å². The van der Waals surface area contributed by atoms with Crippen molar-refractivity contribution in [1.29, 1.82) is 0 Å². The van der Waals surface area contributed by atoms with Crippen LogP contribution in [0, 0.1) is 25.5 Å². The third-order valence-corrected chi connectivity index (χ3v) is 12.0. The normalized spacial score (nSPS) is 14.0.